The summed E-state index contributed by atoms with van der Waals surface area (Å²) in [4.78, 5) is 29.4. The smallest absolute Gasteiger partial charge is 0.251 e. The fraction of sp³-hybridized carbons (Fsp3) is 0.476. The minimum Gasteiger partial charge on any atom is -0.497 e. The standard InChI is InChI=1S/C21H29N3O3S/c1-14(2)19(24-20(25)16-8-10-17(27-4)11-9-16)21(26)22-12-6-5-7-18-23-15(3)13-28-18/h8-11,13-14,19H,5-7,12H2,1-4H3,(H,22,26)(H,24,25). The zero-order valence-electron chi connectivity index (χ0n) is 17.0. The van der Waals surface area contributed by atoms with Crippen LogP contribution in [0.1, 0.15) is 47.7 Å². The lowest BCUT2D eigenvalue weighted by Gasteiger charge is -2.22. The van der Waals surface area contributed by atoms with Crippen LogP contribution in [0.5, 0.6) is 5.75 Å². The summed E-state index contributed by atoms with van der Waals surface area (Å²) in [5.41, 5.74) is 1.55. The van der Waals surface area contributed by atoms with Gasteiger partial charge in [-0.15, -0.1) is 11.3 Å². The molecule has 1 heterocycles. The maximum Gasteiger partial charge on any atom is 0.251 e. The van der Waals surface area contributed by atoms with Crippen molar-refractivity contribution in [2.45, 2.75) is 46.1 Å². The van der Waals surface area contributed by atoms with Crippen molar-refractivity contribution < 1.29 is 14.3 Å². The number of aryl methyl sites for hydroxylation is 2. The second-order valence-corrected chi connectivity index (χ2v) is 8.00. The molecule has 2 N–H and O–H groups in total. The maximum absolute atomic E-state index is 12.5. The summed E-state index contributed by atoms with van der Waals surface area (Å²) in [5.74, 6) is 0.251. The third-order valence-corrected chi connectivity index (χ3v) is 5.40. The molecule has 1 aromatic carbocycles. The van der Waals surface area contributed by atoms with Gasteiger partial charge in [0.2, 0.25) is 5.91 Å². The van der Waals surface area contributed by atoms with Gasteiger partial charge in [-0.3, -0.25) is 9.59 Å². The minimum absolute atomic E-state index is 0.0134. The van der Waals surface area contributed by atoms with Crippen LogP contribution in [-0.2, 0) is 11.2 Å². The number of carbonyl (C=O) groups is 2. The van der Waals surface area contributed by atoms with Gasteiger partial charge in [0.25, 0.3) is 5.91 Å². The SMILES string of the molecule is COc1ccc(C(=O)NC(C(=O)NCCCCc2nc(C)cs2)C(C)C)cc1. The van der Waals surface area contributed by atoms with Gasteiger partial charge in [0.1, 0.15) is 11.8 Å². The highest BCUT2D eigenvalue weighted by molar-refractivity contribution is 7.09. The Balaban J connectivity index is 1.79. The van der Waals surface area contributed by atoms with E-state index in [1.807, 2.05) is 20.8 Å². The summed E-state index contributed by atoms with van der Waals surface area (Å²) in [7, 11) is 1.58. The first kappa shape index (κ1) is 21.9. The molecule has 2 aromatic rings. The number of hydrogen-bond acceptors (Lipinski definition) is 5. The molecule has 1 aromatic heterocycles. The molecule has 7 heteroatoms. The lowest BCUT2D eigenvalue weighted by Crippen LogP contribution is -2.49. The Morgan fingerprint density at radius 2 is 1.89 bits per heavy atom. The van der Waals surface area contributed by atoms with E-state index in [4.69, 9.17) is 4.74 Å². The molecule has 2 rings (SSSR count). The van der Waals surface area contributed by atoms with E-state index in [2.05, 4.69) is 21.0 Å². The molecule has 28 heavy (non-hydrogen) atoms. The quantitative estimate of drug-likeness (QED) is 0.596. The van der Waals surface area contributed by atoms with E-state index in [0.717, 1.165) is 30.0 Å². The van der Waals surface area contributed by atoms with Crippen LogP contribution in [0.25, 0.3) is 0 Å². The van der Waals surface area contributed by atoms with Crippen LogP contribution in [0.15, 0.2) is 29.6 Å². The van der Waals surface area contributed by atoms with Gasteiger partial charge in [0.05, 0.1) is 12.1 Å². The Morgan fingerprint density at radius 1 is 1.18 bits per heavy atom. The van der Waals surface area contributed by atoms with E-state index in [1.54, 1.807) is 42.7 Å². The Labute approximate surface area is 170 Å². The first-order valence-corrected chi connectivity index (χ1v) is 10.4. The van der Waals surface area contributed by atoms with Crippen molar-refractivity contribution in [3.8, 4) is 5.75 Å². The van der Waals surface area contributed by atoms with E-state index < -0.39 is 6.04 Å². The van der Waals surface area contributed by atoms with E-state index in [0.29, 0.717) is 17.9 Å². The molecule has 0 aliphatic heterocycles. The molecule has 2 amide bonds. The number of methoxy groups -OCH3 is 1. The highest BCUT2D eigenvalue weighted by Gasteiger charge is 2.24. The van der Waals surface area contributed by atoms with Gasteiger partial charge in [0, 0.05) is 23.2 Å². The average Bonchev–Trinajstić information content (AvgIpc) is 3.10. The summed E-state index contributed by atoms with van der Waals surface area (Å²) >= 11 is 1.68. The molecule has 0 bridgehead atoms. The molecule has 0 spiro atoms. The number of aromatic nitrogens is 1. The number of ether oxygens (including phenoxy) is 1. The van der Waals surface area contributed by atoms with Crippen LogP contribution < -0.4 is 15.4 Å². The van der Waals surface area contributed by atoms with E-state index >= 15 is 0 Å². The first-order chi connectivity index (χ1) is 13.4. The monoisotopic (exact) mass is 403 g/mol. The van der Waals surface area contributed by atoms with Gasteiger partial charge in [-0.05, 0) is 56.4 Å². The zero-order chi connectivity index (χ0) is 20.5. The molecule has 1 atom stereocenters. The van der Waals surface area contributed by atoms with Crippen molar-refractivity contribution in [2.75, 3.05) is 13.7 Å². The fourth-order valence-electron chi connectivity index (χ4n) is 2.74. The van der Waals surface area contributed by atoms with E-state index in [-0.39, 0.29) is 17.7 Å². The van der Waals surface area contributed by atoms with Gasteiger partial charge in [-0.2, -0.15) is 0 Å². The Morgan fingerprint density at radius 3 is 2.46 bits per heavy atom. The topological polar surface area (TPSA) is 80.3 Å². The average molecular weight is 404 g/mol. The van der Waals surface area contributed by atoms with Crippen molar-refractivity contribution in [2.24, 2.45) is 5.92 Å². The van der Waals surface area contributed by atoms with Gasteiger partial charge in [-0.1, -0.05) is 13.8 Å². The predicted molar refractivity (Wildman–Crippen MR) is 112 cm³/mol. The number of thiazole rings is 1. The summed E-state index contributed by atoms with van der Waals surface area (Å²) in [6.45, 7) is 6.42. The summed E-state index contributed by atoms with van der Waals surface area (Å²) in [6.07, 6.45) is 2.77. The normalized spacial score (nSPS) is 11.9. The number of benzene rings is 1. The van der Waals surface area contributed by atoms with Crippen LogP contribution in [0.4, 0.5) is 0 Å². The molecular weight excluding hydrogens is 374 g/mol. The van der Waals surface area contributed by atoms with Gasteiger partial charge in [0.15, 0.2) is 0 Å². The molecule has 0 radical (unpaired) electrons. The van der Waals surface area contributed by atoms with Crippen molar-refractivity contribution in [3.63, 3.8) is 0 Å². The van der Waals surface area contributed by atoms with Crippen LogP contribution in [0.2, 0.25) is 0 Å². The molecule has 1 unspecified atom stereocenters. The van der Waals surface area contributed by atoms with Crippen molar-refractivity contribution in [1.82, 2.24) is 15.6 Å². The van der Waals surface area contributed by atoms with Gasteiger partial charge < -0.3 is 15.4 Å². The zero-order valence-corrected chi connectivity index (χ0v) is 17.8. The lowest BCUT2D eigenvalue weighted by molar-refractivity contribution is -0.123. The van der Waals surface area contributed by atoms with Crippen LogP contribution in [0, 0.1) is 12.8 Å². The molecule has 0 aliphatic carbocycles. The molecular formula is C21H29N3O3S. The number of rotatable bonds is 10. The predicted octanol–water partition coefficient (Wildman–Crippen LogP) is 3.35. The maximum atomic E-state index is 12.5. The third kappa shape index (κ3) is 6.64. The third-order valence-electron chi connectivity index (χ3n) is 4.37. The number of nitrogens with zero attached hydrogens (tertiary/aromatic N) is 1. The molecule has 6 nitrogen and oxygen atoms in total. The fourth-order valence-corrected chi connectivity index (χ4v) is 3.56. The number of unbranched alkanes of at least 4 members (excludes halogenated alkanes) is 1. The van der Waals surface area contributed by atoms with Crippen molar-refractivity contribution in [3.05, 3.63) is 45.9 Å². The van der Waals surface area contributed by atoms with E-state index in [1.165, 1.54) is 0 Å². The van der Waals surface area contributed by atoms with Crippen LogP contribution in [-0.4, -0.2) is 36.5 Å². The minimum atomic E-state index is -0.573. The van der Waals surface area contributed by atoms with Crippen LogP contribution >= 0.6 is 11.3 Å². The largest absolute Gasteiger partial charge is 0.497 e. The Bertz CT molecular complexity index is 771. The van der Waals surface area contributed by atoms with E-state index in [9.17, 15) is 9.59 Å². The first-order valence-electron chi connectivity index (χ1n) is 9.54. The summed E-state index contributed by atoms with van der Waals surface area (Å²) in [6, 6.07) is 6.25. The summed E-state index contributed by atoms with van der Waals surface area (Å²) in [5, 5.41) is 8.97. The molecule has 152 valence electrons. The van der Waals surface area contributed by atoms with Crippen molar-refractivity contribution in [1.29, 1.82) is 0 Å². The van der Waals surface area contributed by atoms with Gasteiger partial charge >= 0.3 is 0 Å². The molecule has 0 saturated heterocycles. The van der Waals surface area contributed by atoms with Crippen LogP contribution in [0.3, 0.4) is 0 Å². The number of hydrogen-bond donors (Lipinski definition) is 2. The van der Waals surface area contributed by atoms with Gasteiger partial charge in [-0.25, -0.2) is 4.98 Å². The second kappa shape index (κ2) is 10.8. The number of nitrogens with one attached hydrogen (secondary N) is 2. The number of amides is 2. The molecule has 0 fully saturated rings. The highest BCUT2D eigenvalue weighted by Crippen LogP contribution is 2.13. The molecule has 0 aliphatic rings. The Hall–Kier alpha value is -2.41. The van der Waals surface area contributed by atoms with Crippen molar-refractivity contribution >= 4 is 23.2 Å². The highest BCUT2D eigenvalue weighted by atomic mass is 32.1. The Kier molecular flexibility index (Phi) is 8.44. The summed E-state index contributed by atoms with van der Waals surface area (Å²) < 4.78 is 5.10. The lowest BCUT2D eigenvalue weighted by atomic mass is 10.0. The number of carbonyl (C=O) groups excluding carboxylic acids is 2. The molecule has 0 saturated carbocycles. The second-order valence-electron chi connectivity index (χ2n) is 7.05.